The van der Waals surface area contributed by atoms with Crippen molar-refractivity contribution >= 4 is 23.1 Å². The second-order valence-corrected chi connectivity index (χ2v) is 5.44. The van der Waals surface area contributed by atoms with Crippen molar-refractivity contribution < 1.29 is 4.79 Å². The predicted molar refractivity (Wildman–Crippen MR) is 89.1 cm³/mol. The second kappa shape index (κ2) is 6.99. The molecule has 1 amide bonds. The Kier molecular flexibility index (Phi) is 5.06. The van der Waals surface area contributed by atoms with Crippen LogP contribution in [0.2, 0.25) is 0 Å². The summed E-state index contributed by atoms with van der Waals surface area (Å²) in [6.07, 6.45) is 0.351. The molecule has 4 heteroatoms. The molecule has 3 nitrogen and oxygen atoms in total. The van der Waals surface area contributed by atoms with Gasteiger partial charge in [-0.15, -0.1) is 0 Å². The van der Waals surface area contributed by atoms with Crippen molar-refractivity contribution in [3.8, 4) is 0 Å². The van der Waals surface area contributed by atoms with E-state index in [2.05, 4.69) is 11.4 Å². The van der Waals surface area contributed by atoms with E-state index in [1.54, 1.807) is 0 Å². The Balaban J connectivity index is 1.88. The smallest absolute Gasteiger partial charge is 0.224 e. The normalized spacial score (nSPS) is 10.1. The Labute approximate surface area is 130 Å². The van der Waals surface area contributed by atoms with Crippen molar-refractivity contribution in [3.63, 3.8) is 0 Å². The van der Waals surface area contributed by atoms with Gasteiger partial charge in [0.25, 0.3) is 0 Å². The molecule has 108 valence electrons. The topological polar surface area (TPSA) is 55.1 Å². The van der Waals surface area contributed by atoms with Crippen molar-refractivity contribution in [1.82, 2.24) is 5.32 Å². The minimum absolute atomic E-state index is 0.000388. The summed E-state index contributed by atoms with van der Waals surface area (Å²) in [5, 5.41) is 2.92. The molecule has 0 fully saturated rings. The van der Waals surface area contributed by atoms with Gasteiger partial charge in [0.2, 0.25) is 5.91 Å². The van der Waals surface area contributed by atoms with Crippen LogP contribution in [0.4, 0.5) is 0 Å². The van der Waals surface area contributed by atoms with Crippen LogP contribution in [0.15, 0.2) is 48.5 Å². The first-order valence-corrected chi connectivity index (χ1v) is 7.16. The van der Waals surface area contributed by atoms with Crippen LogP contribution in [-0.2, 0) is 17.8 Å². The molecule has 0 saturated carbocycles. The monoisotopic (exact) mass is 298 g/mol. The number of hydrogen-bond donors (Lipinski definition) is 2. The zero-order chi connectivity index (χ0) is 15.2. The molecule has 2 rings (SSSR count). The third-order valence-corrected chi connectivity index (χ3v) is 3.41. The fraction of sp³-hybridized carbons (Fsp3) is 0.176. The van der Waals surface area contributed by atoms with E-state index < -0.39 is 0 Å². The van der Waals surface area contributed by atoms with Crippen LogP contribution >= 0.6 is 12.2 Å². The maximum absolute atomic E-state index is 11.9. The van der Waals surface area contributed by atoms with Gasteiger partial charge in [0, 0.05) is 12.1 Å². The highest BCUT2D eigenvalue weighted by Gasteiger charge is 2.04. The molecule has 0 unspecified atom stereocenters. The van der Waals surface area contributed by atoms with Crippen molar-refractivity contribution in [2.75, 3.05) is 0 Å². The van der Waals surface area contributed by atoms with Crippen LogP contribution in [0.1, 0.15) is 22.3 Å². The molecule has 0 saturated heterocycles. The Hall–Kier alpha value is -2.20. The lowest BCUT2D eigenvalue weighted by molar-refractivity contribution is -0.120. The molecular formula is C17H18N2OS. The molecular weight excluding hydrogens is 280 g/mol. The van der Waals surface area contributed by atoms with E-state index in [4.69, 9.17) is 18.0 Å². The van der Waals surface area contributed by atoms with Crippen LogP contribution in [0.3, 0.4) is 0 Å². The molecule has 0 spiro atoms. The lowest BCUT2D eigenvalue weighted by atomic mass is 10.1. The lowest BCUT2D eigenvalue weighted by Gasteiger charge is -2.07. The first kappa shape index (κ1) is 15.2. The number of amides is 1. The first-order valence-electron chi connectivity index (χ1n) is 6.75. The molecule has 0 aliphatic heterocycles. The zero-order valence-electron chi connectivity index (χ0n) is 11.9. The quantitative estimate of drug-likeness (QED) is 0.834. The average molecular weight is 298 g/mol. The molecule has 0 aromatic heterocycles. The summed E-state index contributed by atoms with van der Waals surface area (Å²) in [7, 11) is 0. The summed E-state index contributed by atoms with van der Waals surface area (Å²) in [6.45, 7) is 2.58. The van der Waals surface area contributed by atoms with Crippen molar-refractivity contribution in [2.45, 2.75) is 19.9 Å². The number of hydrogen-bond acceptors (Lipinski definition) is 2. The SMILES string of the molecule is Cc1cccc(CNC(=O)Cc2ccc(C(N)=S)cc2)c1. The molecule has 0 bridgehead atoms. The summed E-state index contributed by atoms with van der Waals surface area (Å²) in [6, 6.07) is 15.5. The number of thiocarbonyl (C=S) groups is 1. The van der Waals surface area contributed by atoms with Gasteiger partial charge >= 0.3 is 0 Å². The Morgan fingerprint density at radius 3 is 2.48 bits per heavy atom. The second-order valence-electron chi connectivity index (χ2n) is 5.00. The average Bonchev–Trinajstić information content (AvgIpc) is 2.46. The molecule has 2 aromatic carbocycles. The first-order chi connectivity index (χ1) is 10.0. The van der Waals surface area contributed by atoms with Crippen molar-refractivity contribution in [3.05, 3.63) is 70.8 Å². The highest BCUT2D eigenvalue weighted by atomic mass is 32.1. The lowest BCUT2D eigenvalue weighted by Crippen LogP contribution is -2.24. The van der Waals surface area contributed by atoms with Gasteiger partial charge in [0.1, 0.15) is 4.99 Å². The summed E-state index contributed by atoms with van der Waals surface area (Å²) in [5.74, 6) is -0.000388. The molecule has 21 heavy (non-hydrogen) atoms. The van der Waals surface area contributed by atoms with Gasteiger partial charge in [-0.1, -0.05) is 66.3 Å². The number of aryl methyl sites for hydroxylation is 1. The fourth-order valence-electron chi connectivity index (χ4n) is 2.06. The number of nitrogens with one attached hydrogen (secondary N) is 1. The van der Waals surface area contributed by atoms with Crippen molar-refractivity contribution in [1.29, 1.82) is 0 Å². The third-order valence-electron chi connectivity index (χ3n) is 3.18. The predicted octanol–water partition coefficient (Wildman–Crippen LogP) is 2.49. The van der Waals surface area contributed by atoms with Gasteiger partial charge in [0.05, 0.1) is 6.42 Å². The van der Waals surface area contributed by atoms with Crippen LogP contribution in [0, 0.1) is 6.92 Å². The molecule has 2 aromatic rings. The largest absolute Gasteiger partial charge is 0.389 e. The van der Waals surface area contributed by atoms with E-state index >= 15 is 0 Å². The summed E-state index contributed by atoms with van der Waals surface area (Å²) in [5.41, 5.74) is 9.59. The molecule has 0 aliphatic carbocycles. The highest BCUT2D eigenvalue weighted by molar-refractivity contribution is 7.80. The fourth-order valence-corrected chi connectivity index (χ4v) is 2.19. The Morgan fingerprint density at radius 2 is 1.86 bits per heavy atom. The number of rotatable bonds is 5. The summed E-state index contributed by atoms with van der Waals surface area (Å²) >= 11 is 4.90. The molecule has 0 aliphatic rings. The third kappa shape index (κ3) is 4.68. The van der Waals surface area contributed by atoms with Crippen LogP contribution in [0.25, 0.3) is 0 Å². The van der Waals surface area contributed by atoms with Gasteiger partial charge in [0.15, 0.2) is 0 Å². The number of carbonyl (C=O) groups excluding carboxylic acids is 1. The van der Waals surface area contributed by atoms with Crippen LogP contribution in [0.5, 0.6) is 0 Å². The number of benzene rings is 2. The minimum Gasteiger partial charge on any atom is -0.389 e. The van der Waals surface area contributed by atoms with E-state index in [1.807, 2.05) is 49.4 Å². The van der Waals surface area contributed by atoms with Crippen LogP contribution in [-0.4, -0.2) is 10.9 Å². The molecule has 0 radical (unpaired) electrons. The maximum atomic E-state index is 11.9. The van der Waals surface area contributed by atoms with Gasteiger partial charge in [-0.25, -0.2) is 0 Å². The molecule has 3 N–H and O–H groups in total. The Morgan fingerprint density at radius 1 is 1.14 bits per heavy atom. The number of carbonyl (C=O) groups is 1. The van der Waals surface area contributed by atoms with Gasteiger partial charge < -0.3 is 11.1 Å². The van der Waals surface area contributed by atoms with Gasteiger partial charge in [-0.3, -0.25) is 4.79 Å². The highest BCUT2D eigenvalue weighted by Crippen LogP contribution is 2.06. The summed E-state index contributed by atoms with van der Waals surface area (Å²) < 4.78 is 0. The standard InChI is InChI=1S/C17H18N2OS/c1-12-3-2-4-14(9-12)11-19-16(20)10-13-5-7-15(8-6-13)17(18)21/h2-9H,10-11H2,1H3,(H2,18,21)(H,19,20). The van der Waals surface area contributed by atoms with E-state index in [0.29, 0.717) is 18.0 Å². The zero-order valence-corrected chi connectivity index (χ0v) is 12.7. The molecule has 0 atom stereocenters. The van der Waals surface area contributed by atoms with Gasteiger partial charge in [-0.2, -0.15) is 0 Å². The maximum Gasteiger partial charge on any atom is 0.224 e. The Bertz CT molecular complexity index is 650. The minimum atomic E-state index is -0.000388. The van der Waals surface area contributed by atoms with Crippen molar-refractivity contribution in [2.24, 2.45) is 5.73 Å². The van der Waals surface area contributed by atoms with E-state index in [-0.39, 0.29) is 5.91 Å². The van der Waals surface area contributed by atoms with E-state index in [9.17, 15) is 4.79 Å². The van der Waals surface area contributed by atoms with E-state index in [0.717, 1.165) is 16.7 Å². The van der Waals surface area contributed by atoms with Crippen LogP contribution < -0.4 is 11.1 Å². The van der Waals surface area contributed by atoms with E-state index in [1.165, 1.54) is 5.56 Å². The summed E-state index contributed by atoms with van der Waals surface area (Å²) in [4.78, 5) is 12.3. The molecule has 0 heterocycles. The van der Waals surface area contributed by atoms with Gasteiger partial charge in [-0.05, 0) is 18.1 Å². The number of nitrogens with two attached hydrogens (primary N) is 1.